The Bertz CT molecular complexity index is 461. The Hall–Kier alpha value is -0.620. The molecule has 0 aliphatic carbocycles. The number of halogens is 1. The van der Waals surface area contributed by atoms with Crippen LogP contribution in [0, 0.1) is 0 Å². The Balaban J connectivity index is 1.87. The Kier molecular flexibility index (Phi) is 5.21. The molecule has 1 atom stereocenters. The van der Waals surface area contributed by atoms with Crippen molar-refractivity contribution in [3.05, 3.63) is 23.2 Å². The fraction of sp³-hybridized carbons (Fsp3) is 0.538. The highest BCUT2D eigenvalue weighted by Crippen LogP contribution is 2.22. The largest absolute Gasteiger partial charge is 0.399 e. The Morgan fingerprint density at radius 1 is 1.32 bits per heavy atom. The maximum absolute atomic E-state index is 12.2. The lowest BCUT2D eigenvalue weighted by Crippen LogP contribution is -2.45. The SMILES string of the molecule is CN1CCN(CCS(=O)c2ccc(N)cc2Cl)CC1. The molecule has 1 unspecified atom stereocenters. The smallest absolute Gasteiger partial charge is 0.0587 e. The van der Waals surface area contributed by atoms with E-state index in [0.717, 1.165) is 32.7 Å². The summed E-state index contributed by atoms with van der Waals surface area (Å²) in [5.41, 5.74) is 6.24. The maximum Gasteiger partial charge on any atom is 0.0587 e. The third-order valence-corrected chi connectivity index (χ3v) is 5.21. The van der Waals surface area contributed by atoms with E-state index in [1.54, 1.807) is 18.2 Å². The molecule has 0 aromatic heterocycles. The molecule has 1 heterocycles. The van der Waals surface area contributed by atoms with Gasteiger partial charge in [-0.15, -0.1) is 0 Å². The molecular formula is C13H20ClN3OS. The van der Waals surface area contributed by atoms with Gasteiger partial charge in [0.05, 0.1) is 20.7 Å². The number of piperazine rings is 1. The van der Waals surface area contributed by atoms with E-state index in [9.17, 15) is 4.21 Å². The summed E-state index contributed by atoms with van der Waals surface area (Å²) in [6, 6.07) is 5.16. The zero-order valence-electron chi connectivity index (χ0n) is 11.1. The molecule has 19 heavy (non-hydrogen) atoms. The second kappa shape index (κ2) is 6.70. The van der Waals surface area contributed by atoms with Gasteiger partial charge < -0.3 is 10.6 Å². The van der Waals surface area contributed by atoms with Crippen molar-refractivity contribution >= 4 is 28.1 Å². The number of nitrogen functional groups attached to an aromatic ring is 1. The fourth-order valence-electron chi connectivity index (χ4n) is 2.10. The Labute approximate surface area is 122 Å². The van der Waals surface area contributed by atoms with Crippen LogP contribution in [0.5, 0.6) is 0 Å². The molecule has 1 aromatic rings. The van der Waals surface area contributed by atoms with Crippen molar-refractivity contribution in [2.75, 3.05) is 51.3 Å². The van der Waals surface area contributed by atoms with E-state index in [1.807, 2.05) is 0 Å². The first-order valence-electron chi connectivity index (χ1n) is 6.40. The van der Waals surface area contributed by atoms with Gasteiger partial charge in [0.15, 0.2) is 0 Å². The molecule has 1 aliphatic heterocycles. The van der Waals surface area contributed by atoms with Gasteiger partial charge in [-0.2, -0.15) is 0 Å². The highest BCUT2D eigenvalue weighted by atomic mass is 35.5. The van der Waals surface area contributed by atoms with Crippen LogP contribution in [0.2, 0.25) is 5.02 Å². The summed E-state index contributed by atoms with van der Waals surface area (Å²) in [5, 5.41) is 0.497. The molecular weight excluding hydrogens is 282 g/mol. The minimum Gasteiger partial charge on any atom is -0.399 e. The van der Waals surface area contributed by atoms with Gasteiger partial charge in [0, 0.05) is 44.2 Å². The first-order valence-corrected chi connectivity index (χ1v) is 8.10. The van der Waals surface area contributed by atoms with Gasteiger partial charge in [-0.3, -0.25) is 9.11 Å². The Morgan fingerprint density at radius 2 is 2.00 bits per heavy atom. The number of benzene rings is 1. The molecule has 0 amide bonds. The third kappa shape index (κ3) is 4.18. The van der Waals surface area contributed by atoms with Gasteiger partial charge in [-0.05, 0) is 25.2 Å². The van der Waals surface area contributed by atoms with Gasteiger partial charge in [-0.1, -0.05) is 11.6 Å². The topological polar surface area (TPSA) is 49.6 Å². The van der Waals surface area contributed by atoms with Gasteiger partial charge in [-0.25, -0.2) is 0 Å². The highest BCUT2D eigenvalue weighted by Gasteiger charge is 2.15. The molecule has 1 saturated heterocycles. The predicted octanol–water partition coefficient (Wildman–Crippen LogP) is 1.28. The lowest BCUT2D eigenvalue weighted by molar-refractivity contribution is 0.161. The standard InChI is InChI=1S/C13H20ClN3OS/c1-16-4-6-17(7-5-16)8-9-19(18)13-3-2-11(15)10-12(13)14/h2-3,10H,4-9,15H2,1H3. The second-order valence-corrected chi connectivity index (χ2v) is 6.83. The molecule has 1 aliphatic rings. The van der Waals surface area contributed by atoms with E-state index in [-0.39, 0.29) is 0 Å². The molecule has 6 heteroatoms. The number of hydrogen-bond acceptors (Lipinski definition) is 4. The summed E-state index contributed by atoms with van der Waals surface area (Å²) in [5.74, 6) is 0.618. The average molecular weight is 302 g/mol. The van der Waals surface area contributed by atoms with Crippen molar-refractivity contribution in [1.29, 1.82) is 0 Å². The first kappa shape index (κ1) is 14.8. The van der Waals surface area contributed by atoms with Crippen molar-refractivity contribution in [2.45, 2.75) is 4.90 Å². The first-order chi connectivity index (χ1) is 9.06. The van der Waals surface area contributed by atoms with Crippen LogP contribution in [-0.2, 0) is 10.8 Å². The maximum atomic E-state index is 12.2. The van der Waals surface area contributed by atoms with Crippen molar-refractivity contribution in [3.8, 4) is 0 Å². The van der Waals surface area contributed by atoms with E-state index in [1.165, 1.54) is 0 Å². The Morgan fingerprint density at radius 3 is 2.63 bits per heavy atom. The number of nitrogens with zero attached hydrogens (tertiary/aromatic N) is 2. The molecule has 0 radical (unpaired) electrons. The lowest BCUT2D eigenvalue weighted by Gasteiger charge is -2.32. The van der Waals surface area contributed by atoms with E-state index in [4.69, 9.17) is 17.3 Å². The predicted molar refractivity (Wildman–Crippen MR) is 81.1 cm³/mol. The van der Waals surface area contributed by atoms with Crippen LogP contribution in [0.25, 0.3) is 0 Å². The molecule has 1 aromatic carbocycles. The molecule has 1 fully saturated rings. The normalized spacial score (nSPS) is 19.5. The van der Waals surface area contributed by atoms with Crippen molar-refractivity contribution < 1.29 is 4.21 Å². The molecule has 106 valence electrons. The van der Waals surface area contributed by atoms with Crippen LogP contribution < -0.4 is 5.73 Å². The van der Waals surface area contributed by atoms with Crippen LogP contribution in [0.3, 0.4) is 0 Å². The van der Waals surface area contributed by atoms with Gasteiger partial charge in [0.25, 0.3) is 0 Å². The number of rotatable bonds is 4. The fourth-order valence-corrected chi connectivity index (χ4v) is 3.68. The molecule has 4 nitrogen and oxygen atoms in total. The molecule has 2 N–H and O–H groups in total. The van der Waals surface area contributed by atoms with Crippen molar-refractivity contribution in [3.63, 3.8) is 0 Å². The third-order valence-electron chi connectivity index (χ3n) is 3.39. The summed E-state index contributed by atoms with van der Waals surface area (Å²) >= 11 is 6.07. The van der Waals surface area contributed by atoms with Crippen LogP contribution in [-0.4, -0.2) is 59.5 Å². The van der Waals surface area contributed by atoms with E-state index >= 15 is 0 Å². The van der Waals surface area contributed by atoms with Crippen molar-refractivity contribution in [2.24, 2.45) is 0 Å². The minimum absolute atomic E-state index is 0.497. The molecule has 0 bridgehead atoms. The molecule has 2 rings (SSSR count). The summed E-state index contributed by atoms with van der Waals surface area (Å²) in [6.45, 7) is 5.10. The second-order valence-electron chi connectivity index (χ2n) is 4.88. The number of hydrogen-bond donors (Lipinski definition) is 1. The van der Waals surface area contributed by atoms with Crippen LogP contribution in [0.4, 0.5) is 5.69 Å². The van der Waals surface area contributed by atoms with Crippen LogP contribution in [0.1, 0.15) is 0 Å². The minimum atomic E-state index is -1.06. The summed E-state index contributed by atoms with van der Waals surface area (Å²) < 4.78 is 12.2. The number of likely N-dealkylation sites (N-methyl/N-ethyl adjacent to an activating group) is 1. The molecule has 0 spiro atoms. The van der Waals surface area contributed by atoms with Crippen molar-refractivity contribution in [1.82, 2.24) is 9.80 Å². The highest BCUT2D eigenvalue weighted by molar-refractivity contribution is 7.85. The zero-order valence-corrected chi connectivity index (χ0v) is 12.7. The van der Waals surface area contributed by atoms with Crippen LogP contribution in [0.15, 0.2) is 23.1 Å². The van der Waals surface area contributed by atoms with Gasteiger partial charge in [0.2, 0.25) is 0 Å². The number of nitrogens with two attached hydrogens (primary N) is 1. The zero-order chi connectivity index (χ0) is 13.8. The average Bonchev–Trinajstić information content (AvgIpc) is 2.37. The number of anilines is 1. The van der Waals surface area contributed by atoms with Gasteiger partial charge >= 0.3 is 0 Å². The molecule has 0 saturated carbocycles. The van der Waals surface area contributed by atoms with E-state index < -0.39 is 10.8 Å². The summed E-state index contributed by atoms with van der Waals surface area (Å²) in [6.07, 6.45) is 0. The quantitative estimate of drug-likeness (QED) is 0.851. The summed E-state index contributed by atoms with van der Waals surface area (Å²) in [4.78, 5) is 5.35. The van der Waals surface area contributed by atoms with Gasteiger partial charge in [0.1, 0.15) is 0 Å². The lowest BCUT2D eigenvalue weighted by atomic mass is 10.3. The summed E-state index contributed by atoms with van der Waals surface area (Å²) in [7, 11) is 1.07. The van der Waals surface area contributed by atoms with E-state index in [0.29, 0.717) is 21.4 Å². The van der Waals surface area contributed by atoms with E-state index in [2.05, 4.69) is 16.8 Å². The monoisotopic (exact) mass is 301 g/mol. The van der Waals surface area contributed by atoms with Crippen LogP contribution >= 0.6 is 11.6 Å².